The normalized spacial score (nSPS) is 10.8. The van der Waals surface area contributed by atoms with Crippen LogP contribution < -0.4 is 5.32 Å². The van der Waals surface area contributed by atoms with Crippen LogP contribution in [0.1, 0.15) is 10.6 Å². The summed E-state index contributed by atoms with van der Waals surface area (Å²) in [4.78, 5) is 12.0. The van der Waals surface area contributed by atoms with Gasteiger partial charge in [0.15, 0.2) is 5.76 Å². The van der Waals surface area contributed by atoms with Crippen molar-refractivity contribution in [1.82, 2.24) is 0 Å². The third-order valence-corrected chi connectivity index (χ3v) is 3.06. The second-order valence-corrected chi connectivity index (χ2v) is 4.84. The molecule has 3 nitrogen and oxygen atoms in total. The van der Waals surface area contributed by atoms with Gasteiger partial charge in [0.2, 0.25) is 0 Å². The van der Waals surface area contributed by atoms with Crippen molar-refractivity contribution in [2.45, 2.75) is 0 Å². The van der Waals surface area contributed by atoms with Crippen molar-refractivity contribution in [3.8, 4) is 0 Å². The number of carbonyl (C=O) groups is 1. The molecule has 3 aromatic rings. The first-order valence-electron chi connectivity index (χ1n) is 5.98. The molecule has 1 N–H and O–H groups in total. The van der Waals surface area contributed by atoms with E-state index in [0.717, 1.165) is 18.2 Å². The van der Waals surface area contributed by atoms with Gasteiger partial charge in [-0.2, -0.15) is 0 Å². The first-order chi connectivity index (χ1) is 10.0. The Balaban J connectivity index is 1.89. The highest BCUT2D eigenvalue weighted by molar-refractivity contribution is 6.31. The molecule has 0 bridgehead atoms. The number of furan rings is 1. The van der Waals surface area contributed by atoms with Crippen molar-refractivity contribution in [3.05, 3.63) is 64.9 Å². The van der Waals surface area contributed by atoms with Crippen molar-refractivity contribution < 1.29 is 18.0 Å². The smallest absolute Gasteiger partial charge is 0.291 e. The second kappa shape index (κ2) is 5.18. The molecule has 3 rings (SSSR count). The van der Waals surface area contributed by atoms with Gasteiger partial charge >= 0.3 is 0 Å². The lowest BCUT2D eigenvalue weighted by Gasteiger charge is -2.03. The van der Waals surface area contributed by atoms with Crippen LogP contribution in [0.4, 0.5) is 14.5 Å². The highest BCUT2D eigenvalue weighted by atomic mass is 35.5. The average Bonchev–Trinajstić information content (AvgIpc) is 2.80. The molecule has 0 aliphatic rings. The summed E-state index contributed by atoms with van der Waals surface area (Å²) in [5, 5.41) is 3.55. The number of nitrogens with one attached hydrogen (secondary N) is 1. The Morgan fingerprint density at radius 3 is 2.48 bits per heavy atom. The van der Waals surface area contributed by atoms with Gasteiger partial charge in [-0.3, -0.25) is 4.79 Å². The zero-order chi connectivity index (χ0) is 15.0. The second-order valence-electron chi connectivity index (χ2n) is 4.41. The molecule has 2 aromatic carbocycles. The Labute approximate surface area is 123 Å². The monoisotopic (exact) mass is 307 g/mol. The lowest BCUT2D eigenvalue weighted by atomic mass is 10.2. The van der Waals surface area contributed by atoms with E-state index < -0.39 is 17.5 Å². The molecule has 0 atom stereocenters. The Bertz CT molecular complexity index is 825. The number of amides is 1. The number of halogens is 3. The van der Waals surface area contributed by atoms with Crippen molar-refractivity contribution in [3.63, 3.8) is 0 Å². The van der Waals surface area contributed by atoms with Crippen LogP contribution in [0.15, 0.2) is 46.9 Å². The number of hydrogen-bond acceptors (Lipinski definition) is 2. The van der Waals surface area contributed by atoms with Gasteiger partial charge in [0, 0.05) is 22.2 Å². The van der Waals surface area contributed by atoms with Crippen LogP contribution >= 0.6 is 11.6 Å². The average molecular weight is 308 g/mol. The largest absolute Gasteiger partial charge is 0.451 e. The minimum Gasteiger partial charge on any atom is -0.451 e. The molecule has 0 saturated heterocycles. The predicted octanol–water partition coefficient (Wildman–Crippen LogP) is 4.62. The zero-order valence-corrected chi connectivity index (χ0v) is 11.2. The van der Waals surface area contributed by atoms with Crippen LogP contribution in [0.3, 0.4) is 0 Å². The molecule has 1 heterocycles. The fraction of sp³-hybridized carbons (Fsp3) is 0. The summed E-state index contributed by atoms with van der Waals surface area (Å²) in [6, 6.07) is 9.18. The van der Waals surface area contributed by atoms with Crippen LogP contribution in [-0.2, 0) is 0 Å². The fourth-order valence-corrected chi connectivity index (χ4v) is 2.13. The number of hydrogen-bond donors (Lipinski definition) is 1. The molecule has 1 aromatic heterocycles. The Kier molecular flexibility index (Phi) is 3.35. The SMILES string of the molecule is O=C(Nc1cc(F)cc(F)c1)c1cc2cc(Cl)ccc2o1. The van der Waals surface area contributed by atoms with E-state index in [2.05, 4.69) is 5.32 Å². The van der Waals surface area contributed by atoms with Crippen molar-refractivity contribution >= 4 is 34.2 Å². The molecular formula is C15H8ClF2NO2. The third-order valence-electron chi connectivity index (χ3n) is 2.82. The van der Waals surface area contributed by atoms with Crippen molar-refractivity contribution in [1.29, 1.82) is 0 Å². The van der Waals surface area contributed by atoms with Gasteiger partial charge in [-0.25, -0.2) is 8.78 Å². The minimum absolute atomic E-state index is 0.0102. The van der Waals surface area contributed by atoms with Crippen LogP contribution in [0.5, 0.6) is 0 Å². The third kappa shape index (κ3) is 2.87. The van der Waals surface area contributed by atoms with Gasteiger partial charge < -0.3 is 9.73 Å². The van der Waals surface area contributed by atoms with Gasteiger partial charge in [-0.15, -0.1) is 0 Å². The number of benzene rings is 2. The molecule has 21 heavy (non-hydrogen) atoms. The fourth-order valence-electron chi connectivity index (χ4n) is 1.94. The van der Waals surface area contributed by atoms with E-state index in [0.29, 0.717) is 16.0 Å². The standard InChI is InChI=1S/C15H8ClF2NO2/c16-9-1-2-13-8(3-9)4-14(21-13)15(20)19-12-6-10(17)5-11(18)7-12/h1-7H,(H,19,20). The Hall–Kier alpha value is -2.40. The zero-order valence-electron chi connectivity index (χ0n) is 10.5. The lowest BCUT2D eigenvalue weighted by Crippen LogP contribution is -2.11. The summed E-state index contributed by atoms with van der Waals surface area (Å²) in [6.07, 6.45) is 0. The number of anilines is 1. The lowest BCUT2D eigenvalue weighted by molar-refractivity contribution is 0.0998. The molecule has 0 radical (unpaired) electrons. The predicted molar refractivity (Wildman–Crippen MR) is 75.5 cm³/mol. The summed E-state index contributed by atoms with van der Waals surface area (Å²) in [7, 11) is 0. The highest BCUT2D eigenvalue weighted by Crippen LogP contribution is 2.24. The summed E-state index contributed by atoms with van der Waals surface area (Å²) >= 11 is 5.85. The van der Waals surface area contributed by atoms with Crippen LogP contribution in [-0.4, -0.2) is 5.91 Å². The molecule has 0 unspecified atom stereocenters. The molecule has 6 heteroatoms. The molecular weight excluding hydrogens is 300 g/mol. The highest BCUT2D eigenvalue weighted by Gasteiger charge is 2.13. The maximum Gasteiger partial charge on any atom is 0.291 e. The molecule has 0 aliphatic heterocycles. The van der Waals surface area contributed by atoms with E-state index in [9.17, 15) is 13.6 Å². The molecule has 0 fully saturated rings. The number of rotatable bonds is 2. The van der Waals surface area contributed by atoms with Crippen molar-refractivity contribution in [2.75, 3.05) is 5.32 Å². The summed E-state index contributed by atoms with van der Waals surface area (Å²) in [5.74, 6) is -2.13. The Morgan fingerprint density at radius 2 is 1.76 bits per heavy atom. The van der Waals surface area contributed by atoms with Gasteiger partial charge in [0.1, 0.15) is 17.2 Å². The first kappa shape index (κ1) is 13.6. The summed E-state index contributed by atoms with van der Waals surface area (Å²) in [5.41, 5.74) is 0.506. The van der Waals surface area contributed by atoms with E-state index in [4.69, 9.17) is 16.0 Å². The molecule has 1 amide bonds. The van der Waals surface area contributed by atoms with E-state index >= 15 is 0 Å². The molecule has 0 aliphatic carbocycles. The quantitative estimate of drug-likeness (QED) is 0.751. The van der Waals surface area contributed by atoms with Gasteiger partial charge in [-0.1, -0.05) is 11.6 Å². The van der Waals surface area contributed by atoms with E-state index in [1.807, 2.05) is 0 Å². The van der Waals surface area contributed by atoms with Crippen molar-refractivity contribution in [2.24, 2.45) is 0 Å². The van der Waals surface area contributed by atoms with Crippen LogP contribution in [0, 0.1) is 11.6 Å². The molecule has 0 saturated carbocycles. The van der Waals surface area contributed by atoms with Gasteiger partial charge in [-0.05, 0) is 36.4 Å². The maximum absolute atomic E-state index is 13.1. The Morgan fingerprint density at radius 1 is 1.05 bits per heavy atom. The topological polar surface area (TPSA) is 42.2 Å². The first-order valence-corrected chi connectivity index (χ1v) is 6.35. The molecule has 0 spiro atoms. The maximum atomic E-state index is 13.1. The minimum atomic E-state index is -0.776. The summed E-state index contributed by atoms with van der Waals surface area (Å²) in [6.45, 7) is 0. The van der Waals surface area contributed by atoms with Gasteiger partial charge in [0.05, 0.1) is 0 Å². The molecule has 106 valence electrons. The summed E-state index contributed by atoms with van der Waals surface area (Å²) < 4.78 is 31.5. The number of fused-ring (bicyclic) bond motifs is 1. The van der Waals surface area contributed by atoms with E-state index in [1.54, 1.807) is 18.2 Å². The van der Waals surface area contributed by atoms with E-state index in [1.165, 1.54) is 6.07 Å². The van der Waals surface area contributed by atoms with Gasteiger partial charge in [0.25, 0.3) is 5.91 Å². The van der Waals surface area contributed by atoms with Crippen LogP contribution in [0.25, 0.3) is 11.0 Å². The van der Waals surface area contributed by atoms with E-state index in [-0.39, 0.29) is 11.4 Å². The van der Waals surface area contributed by atoms with Crippen LogP contribution in [0.2, 0.25) is 5.02 Å². The number of carbonyl (C=O) groups excluding carboxylic acids is 1.